The summed E-state index contributed by atoms with van der Waals surface area (Å²) in [6.07, 6.45) is 3.19. The van der Waals surface area contributed by atoms with E-state index in [2.05, 4.69) is 30.8 Å². The molecule has 0 aromatic heterocycles. The van der Waals surface area contributed by atoms with Crippen molar-refractivity contribution < 1.29 is 5.11 Å². The molecule has 1 aliphatic rings. The van der Waals surface area contributed by atoms with Crippen molar-refractivity contribution in [3.05, 3.63) is 0 Å². The molecular formula is C14H31N3O. The lowest BCUT2D eigenvalue weighted by Crippen LogP contribution is -2.40. The van der Waals surface area contributed by atoms with Crippen molar-refractivity contribution in [2.24, 2.45) is 11.7 Å². The fourth-order valence-corrected chi connectivity index (χ4v) is 2.85. The van der Waals surface area contributed by atoms with Crippen LogP contribution in [0, 0.1) is 5.92 Å². The molecule has 108 valence electrons. The van der Waals surface area contributed by atoms with Crippen molar-refractivity contribution in [2.45, 2.75) is 44.7 Å². The number of unbranched alkanes of at least 4 members (excludes halogenated alkanes) is 1. The molecule has 0 bridgehead atoms. The molecule has 3 N–H and O–H groups in total. The van der Waals surface area contributed by atoms with Gasteiger partial charge in [0.2, 0.25) is 0 Å². The largest absolute Gasteiger partial charge is 0.394 e. The standard InChI is InChI=1S/C14H31N3O/c1-12-9-17(10-13(12)16(3)4)8-6-5-7-14(2,15)11-18/h12-13,18H,5-11,15H2,1-4H3. The molecule has 3 atom stereocenters. The normalized spacial score (nSPS) is 28.8. The van der Waals surface area contributed by atoms with Crippen molar-refractivity contribution >= 4 is 0 Å². The van der Waals surface area contributed by atoms with Gasteiger partial charge in [0.1, 0.15) is 0 Å². The van der Waals surface area contributed by atoms with Crippen molar-refractivity contribution in [1.82, 2.24) is 9.80 Å². The second-order valence-corrected chi connectivity index (χ2v) is 6.54. The lowest BCUT2D eigenvalue weighted by atomic mass is 9.97. The van der Waals surface area contributed by atoms with Gasteiger partial charge < -0.3 is 20.6 Å². The summed E-state index contributed by atoms with van der Waals surface area (Å²) < 4.78 is 0. The molecule has 0 aliphatic carbocycles. The third-order valence-electron chi connectivity index (χ3n) is 4.15. The maximum Gasteiger partial charge on any atom is 0.0608 e. The highest BCUT2D eigenvalue weighted by Gasteiger charge is 2.30. The van der Waals surface area contributed by atoms with Crippen molar-refractivity contribution in [3.63, 3.8) is 0 Å². The Labute approximate surface area is 112 Å². The van der Waals surface area contributed by atoms with E-state index in [-0.39, 0.29) is 6.61 Å². The number of hydrogen-bond donors (Lipinski definition) is 2. The molecule has 4 heteroatoms. The van der Waals surface area contributed by atoms with E-state index in [1.54, 1.807) is 0 Å². The first-order chi connectivity index (χ1) is 8.35. The molecule has 18 heavy (non-hydrogen) atoms. The molecule has 0 radical (unpaired) electrons. The lowest BCUT2D eigenvalue weighted by Gasteiger charge is -2.23. The second-order valence-electron chi connectivity index (χ2n) is 6.54. The van der Waals surface area contributed by atoms with Crippen LogP contribution in [0.2, 0.25) is 0 Å². The zero-order chi connectivity index (χ0) is 13.8. The minimum Gasteiger partial charge on any atom is -0.394 e. The zero-order valence-corrected chi connectivity index (χ0v) is 12.5. The fraction of sp³-hybridized carbons (Fsp3) is 1.00. The van der Waals surface area contributed by atoms with Crippen LogP contribution < -0.4 is 5.73 Å². The number of aliphatic hydroxyl groups is 1. The molecule has 4 nitrogen and oxygen atoms in total. The Balaban J connectivity index is 2.18. The maximum absolute atomic E-state index is 9.09. The molecule has 0 saturated carbocycles. The Morgan fingerprint density at radius 3 is 2.50 bits per heavy atom. The number of likely N-dealkylation sites (tertiary alicyclic amines) is 1. The third-order valence-corrected chi connectivity index (χ3v) is 4.15. The van der Waals surface area contributed by atoms with Gasteiger partial charge in [-0.05, 0) is 46.3 Å². The van der Waals surface area contributed by atoms with Gasteiger partial charge in [-0.25, -0.2) is 0 Å². The van der Waals surface area contributed by atoms with E-state index in [0.717, 1.165) is 25.3 Å². The highest BCUT2D eigenvalue weighted by Crippen LogP contribution is 2.20. The summed E-state index contributed by atoms with van der Waals surface area (Å²) in [5, 5.41) is 9.09. The van der Waals surface area contributed by atoms with Crippen LogP contribution in [0.25, 0.3) is 0 Å². The van der Waals surface area contributed by atoms with Crippen LogP contribution in [0.4, 0.5) is 0 Å². The number of aliphatic hydroxyl groups excluding tert-OH is 1. The summed E-state index contributed by atoms with van der Waals surface area (Å²) in [4.78, 5) is 4.90. The summed E-state index contributed by atoms with van der Waals surface area (Å²) in [6.45, 7) is 7.91. The molecule has 1 heterocycles. The zero-order valence-electron chi connectivity index (χ0n) is 12.5. The van der Waals surface area contributed by atoms with Crippen LogP contribution in [-0.4, -0.2) is 66.8 Å². The first kappa shape index (κ1) is 15.9. The number of rotatable bonds is 7. The monoisotopic (exact) mass is 257 g/mol. The van der Waals surface area contributed by atoms with Crippen LogP contribution >= 0.6 is 0 Å². The van der Waals surface area contributed by atoms with Crippen LogP contribution in [0.5, 0.6) is 0 Å². The van der Waals surface area contributed by atoms with Gasteiger partial charge in [0.15, 0.2) is 0 Å². The Morgan fingerprint density at radius 2 is 2.00 bits per heavy atom. The molecule has 0 aromatic rings. The minimum absolute atomic E-state index is 0.0798. The highest BCUT2D eigenvalue weighted by molar-refractivity contribution is 4.86. The van der Waals surface area contributed by atoms with Gasteiger partial charge >= 0.3 is 0 Å². The SMILES string of the molecule is CC1CN(CCCCC(C)(N)CO)CC1N(C)C. The Kier molecular flexibility index (Phi) is 6.05. The van der Waals surface area contributed by atoms with Gasteiger partial charge in [-0.1, -0.05) is 13.3 Å². The van der Waals surface area contributed by atoms with E-state index in [1.807, 2.05) is 6.92 Å². The van der Waals surface area contributed by atoms with E-state index < -0.39 is 5.54 Å². The van der Waals surface area contributed by atoms with Crippen LogP contribution in [0.15, 0.2) is 0 Å². The van der Waals surface area contributed by atoms with Crippen LogP contribution in [0.3, 0.4) is 0 Å². The van der Waals surface area contributed by atoms with E-state index in [0.29, 0.717) is 6.04 Å². The number of likely N-dealkylation sites (N-methyl/N-ethyl adjacent to an activating group) is 1. The third kappa shape index (κ3) is 4.84. The smallest absolute Gasteiger partial charge is 0.0608 e. The van der Waals surface area contributed by atoms with E-state index in [4.69, 9.17) is 10.8 Å². The van der Waals surface area contributed by atoms with Crippen LogP contribution in [-0.2, 0) is 0 Å². The van der Waals surface area contributed by atoms with Gasteiger partial charge in [0.25, 0.3) is 0 Å². The Bertz CT molecular complexity index is 243. The van der Waals surface area contributed by atoms with Crippen molar-refractivity contribution in [1.29, 1.82) is 0 Å². The topological polar surface area (TPSA) is 52.7 Å². The van der Waals surface area contributed by atoms with E-state index in [9.17, 15) is 0 Å². The summed E-state index contributed by atoms with van der Waals surface area (Å²) >= 11 is 0. The van der Waals surface area contributed by atoms with Gasteiger partial charge in [0, 0.05) is 24.7 Å². The second kappa shape index (κ2) is 6.85. The number of hydrogen-bond acceptors (Lipinski definition) is 4. The molecular weight excluding hydrogens is 226 g/mol. The summed E-state index contributed by atoms with van der Waals surface area (Å²) in [5.74, 6) is 0.761. The summed E-state index contributed by atoms with van der Waals surface area (Å²) in [5.41, 5.74) is 5.53. The molecule has 1 rings (SSSR count). The Hall–Kier alpha value is -0.160. The first-order valence-electron chi connectivity index (χ1n) is 7.14. The molecule has 1 fully saturated rings. The van der Waals surface area contributed by atoms with Gasteiger partial charge in [-0.3, -0.25) is 0 Å². The van der Waals surface area contributed by atoms with E-state index in [1.165, 1.54) is 19.5 Å². The summed E-state index contributed by atoms with van der Waals surface area (Å²) in [6, 6.07) is 0.696. The maximum atomic E-state index is 9.09. The Morgan fingerprint density at radius 1 is 1.33 bits per heavy atom. The fourth-order valence-electron chi connectivity index (χ4n) is 2.85. The number of nitrogens with zero attached hydrogens (tertiary/aromatic N) is 2. The lowest BCUT2D eigenvalue weighted by molar-refractivity contribution is 0.194. The molecule has 1 aliphatic heterocycles. The van der Waals surface area contributed by atoms with Crippen molar-refractivity contribution in [2.75, 3.05) is 40.3 Å². The molecule has 0 aromatic carbocycles. The summed E-state index contributed by atoms with van der Waals surface area (Å²) in [7, 11) is 4.34. The van der Waals surface area contributed by atoms with E-state index >= 15 is 0 Å². The predicted octanol–water partition coefficient (Wildman–Crippen LogP) is 0.748. The number of nitrogens with two attached hydrogens (primary N) is 1. The highest BCUT2D eigenvalue weighted by atomic mass is 16.3. The molecule has 1 saturated heterocycles. The van der Waals surface area contributed by atoms with Gasteiger partial charge in [-0.2, -0.15) is 0 Å². The van der Waals surface area contributed by atoms with Gasteiger partial charge in [0.05, 0.1) is 6.61 Å². The average Bonchev–Trinajstić information content (AvgIpc) is 2.66. The molecule has 3 unspecified atom stereocenters. The van der Waals surface area contributed by atoms with Crippen LogP contribution in [0.1, 0.15) is 33.1 Å². The average molecular weight is 257 g/mol. The first-order valence-corrected chi connectivity index (χ1v) is 7.14. The molecule has 0 spiro atoms. The predicted molar refractivity (Wildman–Crippen MR) is 76.6 cm³/mol. The minimum atomic E-state index is -0.398. The van der Waals surface area contributed by atoms with Gasteiger partial charge in [-0.15, -0.1) is 0 Å². The van der Waals surface area contributed by atoms with Crippen molar-refractivity contribution in [3.8, 4) is 0 Å². The quantitative estimate of drug-likeness (QED) is 0.661. The molecule has 0 amide bonds.